The molecule has 2 heterocycles. The van der Waals surface area contributed by atoms with Gasteiger partial charge in [0.05, 0.1) is 18.2 Å². The molecule has 0 saturated carbocycles. The number of nitrogens with zero attached hydrogens (tertiary/aromatic N) is 4. The van der Waals surface area contributed by atoms with Crippen molar-refractivity contribution in [2.24, 2.45) is 15.9 Å². The molecule has 1 atom stereocenters. The average molecular weight is 306 g/mol. The maximum absolute atomic E-state index is 4.89. The van der Waals surface area contributed by atoms with Crippen LogP contribution in [0, 0.1) is 5.92 Å². The minimum atomic E-state index is 0.0489. The molecule has 0 aromatic rings. The lowest BCUT2D eigenvalue weighted by molar-refractivity contribution is 0.335. The molecule has 2 saturated heterocycles. The second kappa shape index (κ2) is 7.98. The number of piperidine rings is 1. The van der Waals surface area contributed by atoms with Crippen molar-refractivity contribution in [3.8, 4) is 0 Å². The van der Waals surface area contributed by atoms with Gasteiger partial charge in [-0.1, -0.05) is 0 Å². The van der Waals surface area contributed by atoms with Gasteiger partial charge < -0.3 is 9.80 Å². The lowest BCUT2D eigenvalue weighted by Crippen LogP contribution is -2.31. The van der Waals surface area contributed by atoms with Crippen molar-refractivity contribution < 1.29 is 0 Å². The zero-order valence-corrected chi connectivity index (χ0v) is 15.0. The minimum Gasteiger partial charge on any atom is -0.363 e. The van der Waals surface area contributed by atoms with E-state index in [2.05, 4.69) is 55.2 Å². The van der Waals surface area contributed by atoms with Gasteiger partial charge in [-0.25, -0.2) is 0 Å². The third kappa shape index (κ3) is 5.98. The summed E-state index contributed by atoms with van der Waals surface area (Å²) >= 11 is 0. The van der Waals surface area contributed by atoms with Crippen LogP contribution >= 0.6 is 0 Å². The van der Waals surface area contributed by atoms with Crippen molar-refractivity contribution in [1.82, 2.24) is 9.80 Å². The molecule has 0 radical (unpaired) electrons. The molecule has 0 bridgehead atoms. The second-order valence-electron chi connectivity index (χ2n) is 7.87. The zero-order chi connectivity index (χ0) is 16.0. The van der Waals surface area contributed by atoms with E-state index in [0.29, 0.717) is 6.04 Å². The van der Waals surface area contributed by atoms with Gasteiger partial charge in [-0.2, -0.15) is 0 Å². The van der Waals surface area contributed by atoms with Gasteiger partial charge in [0.1, 0.15) is 0 Å². The largest absolute Gasteiger partial charge is 0.363 e. The standard InChI is InChI=1S/C18H34N4/c1-16(2)19-14-22-11-8-17(13-22)12-18(3,4)20-15-21-9-6-5-7-10-21/h14-17H,5-13H2,1-4H3. The highest BCUT2D eigenvalue weighted by atomic mass is 15.2. The van der Waals surface area contributed by atoms with Crippen molar-refractivity contribution in [3.63, 3.8) is 0 Å². The van der Waals surface area contributed by atoms with Crippen LogP contribution in [0.4, 0.5) is 0 Å². The summed E-state index contributed by atoms with van der Waals surface area (Å²) in [6.07, 6.45) is 10.6. The maximum Gasteiger partial charge on any atom is 0.0856 e. The Balaban J connectivity index is 1.78. The van der Waals surface area contributed by atoms with E-state index in [9.17, 15) is 0 Å². The molecule has 0 aliphatic carbocycles. The first-order valence-electron chi connectivity index (χ1n) is 9.01. The summed E-state index contributed by atoms with van der Waals surface area (Å²) in [6, 6.07) is 0.393. The van der Waals surface area contributed by atoms with E-state index in [1.165, 1.54) is 45.2 Å². The van der Waals surface area contributed by atoms with Crippen molar-refractivity contribution in [2.75, 3.05) is 26.2 Å². The van der Waals surface area contributed by atoms with E-state index in [1.54, 1.807) is 0 Å². The molecule has 2 fully saturated rings. The second-order valence-corrected chi connectivity index (χ2v) is 7.87. The van der Waals surface area contributed by atoms with Gasteiger partial charge in [-0.05, 0) is 65.7 Å². The number of likely N-dealkylation sites (tertiary alicyclic amines) is 2. The van der Waals surface area contributed by atoms with Crippen LogP contribution in [0.5, 0.6) is 0 Å². The van der Waals surface area contributed by atoms with E-state index in [4.69, 9.17) is 4.99 Å². The van der Waals surface area contributed by atoms with Gasteiger partial charge in [0.25, 0.3) is 0 Å². The molecule has 1 unspecified atom stereocenters. The summed E-state index contributed by atoms with van der Waals surface area (Å²) in [5, 5.41) is 0. The lowest BCUT2D eigenvalue weighted by atomic mass is 9.90. The van der Waals surface area contributed by atoms with Gasteiger partial charge in [0.2, 0.25) is 0 Å². The SMILES string of the molecule is CC(C)N=CN1CCC(CC(C)(C)N=CN2CCCCC2)C1. The summed E-state index contributed by atoms with van der Waals surface area (Å²) in [4.78, 5) is 14.2. The number of aliphatic imine (C=N–C) groups is 2. The first-order chi connectivity index (χ1) is 10.4. The van der Waals surface area contributed by atoms with E-state index in [1.807, 2.05) is 0 Å². The molecule has 4 nitrogen and oxygen atoms in total. The van der Waals surface area contributed by atoms with E-state index >= 15 is 0 Å². The summed E-state index contributed by atoms with van der Waals surface area (Å²) in [7, 11) is 0. The average Bonchev–Trinajstić information content (AvgIpc) is 2.91. The van der Waals surface area contributed by atoms with Crippen LogP contribution < -0.4 is 0 Å². The molecule has 2 aliphatic rings. The van der Waals surface area contributed by atoms with Crippen molar-refractivity contribution in [3.05, 3.63) is 0 Å². The van der Waals surface area contributed by atoms with Crippen LogP contribution in [0.15, 0.2) is 9.98 Å². The predicted molar refractivity (Wildman–Crippen MR) is 95.9 cm³/mol. The van der Waals surface area contributed by atoms with Gasteiger partial charge in [-0.3, -0.25) is 9.98 Å². The molecular weight excluding hydrogens is 272 g/mol. The third-order valence-corrected chi connectivity index (χ3v) is 4.59. The fourth-order valence-corrected chi connectivity index (χ4v) is 3.39. The van der Waals surface area contributed by atoms with Crippen LogP contribution in [0.25, 0.3) is 0 Å². The van der Waals surface area contributed by atoms with E-state index < -0.39 is 0 Å². The Hall–Kier alpha value is -1.06. The predicted octanol–water partition coefficient (Wildman–Crippen LogP) is 3.43. The van der Waals surface area contributed by atoms with E-state index in [-0.39, 0.29) is 5.54 Å². The van der Waals surface area contributed by atoms with Gasteiger partial charge in [0.15, 0.2) is 0 Å². The van der Waals surface area contributed by atoms with Crippen LogP contribution in [0.2, 0.25) is 0 Å². The van der Waals surface area contributed by atoms with Crippen molar-refractivity contribution in [2.45, 2.75) is 71.4 Å². The molecule has 0 aromatic carbocycles. The fraction of sp³-hybridized carbons (Fsp3) is 0.889. The molecule has 0 N–H and O–H groups in total. The highest BCUT2D eigenvalue weighted by molar-refractivity contribution is 5.56. The number of hydrogen-bond acceptors (Lipinski definition) is 2. The Bertz CT molecular complexity index is 381. The molecule has 126 valence electrons. The molecule has 22 heavy (non-hydrogen) atoms. The number of rotatable bonds is 6. The Kier molecular flexibility index (Phi) is 6.27. The van der Waals surface area contributed by atoms with Crippen LogP contribution in [0.1, 0.15) is 59.8 Å². The Morgan fingerprint density at radius 2 is 1.77 bits per heavy atom. The van der Waals surface area contributed by atoms with Gasteiger partial charge in [-0.15, -0.1) is 0 Å². The Labute approximate surface area is 136 Å². The topological polar surface area (TPSA) is 31.2 Å². The molecule has 2 rings (SSSR count). The normalized spacial score (nSPS) is 24.3. The Morgan fingerprint density at radius 1 is 1.05 bits per heavy atom. The summed E-state index contributed by atoms with van der Waals surface area (Å²) < 4.78 is 0. The first-order valence-corrected chi connectivity index (χ1v) is 9.01. The summed E-state index contributed by atoms with van der Waals surface area (Å²) in [6.45, 7) is 13.5. The van der Waals surface area contributed by atoms with E-state index in [0.717, 1.165) is 19.0 Å². The highest BCUT2D eigenvalue weighted by Gasteiger charge is 2.27. The highest BCUT2D eigenvalue weighted by Crippen LogP contribution is 2.27. The van der Waals surface area contributed by atoms with Gasteiger partial charge in [0, 0.05) is 32.2 Å². The molecular formula is C18H34N4. The molecule has 4 heteroatoms. The quantitative estimate of drug-likeness (QED) is 0.556. The monoisotopic (exact) mass is 306 g/mol. The lowest BCUT2D eigenvalue weighted by Gasteiger charge is -2.28. The zero-order valence-electron chi connectivity index (χ0n) is 15.0. The summed E-state index contributed by atoms with van der Waals surface area (Å²) in [5.41, 5.74) is 0.0489. The van der Waals surface area contributed by atoms with Crippen LogP contribution in [-0.2, 0) is 0 Å². The van der Waals surface area contributed by atoms with Crippen LogP contribution in [0.3, 0.4) is 0 Å². The van der Waals surface area contributed by atoms with Crippen molar-refractivity contribution >= 4 is 12.7 Å². The molecule has 2 aliphatic heterocycles. The molecule has 0 aromatic heterocycles. The minimum absolute atomic E-state index is 0.0489. The van der Waals surface area contributed by atoms with Crippen LogP contribution in [-0.4, -0.2) is 60.2 Å². The van der Waals surface area contributed by atoms with Gasteiger partial charge >= 0.3 is 0 Å². The third-order valence-electron chi connectivity index (χ3n) is 4.59. The first kappa shape index (κ1) is 17.3. The fourth-order valence-electron chi connectivity index (χ4n) is 3.39. The summed E-state index contributed by atoms with van der Waals surface area (Å²) in [5.74, 6) is 0.743. The maximum atomic E-state index is 4.89. The number of hydrogen-bond donors (Lipinski definition) is 0. The smallest absolute Gasteiger partial charge is 0.0856 e. The molecule has 0 spiro atoms. The van der Waals surface area contributed by atoms with Crippen molar-refractivity contribution in [1.29, 1.82) is 0 Å². The molecule has 0 amide bonds. The Morgan fingerprint density at radius 3 is 2.45 bits per heavy atom.